The first-order chi connectivity index (χ1) is 15.4. The zero-order valence-electron chi connectivity index (χ0n) is 16.9. The van der Waals surface area contributed by atoms with E-state index in [1.165, 1.54) is 6.07 Å². The molecule has 1 heterocycles. The van der Waals surface area contributed by atoms with E-state index in [-0.39, 0.29) is 17.3 Å². The SMILES string of the molecule is Cc1ccc(C2=N/C(=C\c3ccc(OCc4ccccc4Br)cc3)C(=O)O2)cc1[N+](=O)[O-]. The molecule has 160 valence electrons. The van der Waals surface area contributed by atoms with Crippen LogP contribution in [0.2, 0.25) is 0 Å². The zero-order chi connectivity index (χ0) is 22.7. The summed E-state index contributed by atoms with van der Waals surface area (Å²) in [4.78, 5) is 27.1. The molecule has 1 aliphatic heterocycles. The van der Waals surface area contributed by atoms with Crippen LogP contribution in [0.25, 0.3) is 6.08 Å². The number of hydrogen-bond donors (Lipinski definition) is 0. The molecule has 0 N–H and O–H groups in total. The number of aryl methyl sites for hydroxylation is 1. The Bertz CT molecular complexity index is 1270. The van der Waals surface area contributed by atoms with Crippen molar-refractivity contribution in [1.82, 2.24) is 0 Å². The van der Waals surface area contributed by atoms with E-state index in [1.807, 2.05) is 24.3 Å². The van der Waals surface area contributed by atoms with Gasteiger partial charge < -0.3 is 9.47 Å². The van der Waals surface area contributed by atoms with Crippen LogP contribution in [0.1, 0.15) is 22.3 Å². The topological polar surface area (TPSA) is 91.0 Å². The molecule has 0 aromatic heterocycles. The van der Waals surface area contributed by atoms with E-state index in [2.05, 4.69) is 20.9 Å². The summed E-state index contributed by atoms with van der Waals surface area (Å²) in [6.45, 7) is 2.06. The van der Waals surface area contributed by atoms with E-state index in [0.29, 0.717) is 23.5 Å². The van der Waals surface area contributed by atoms with Crippen molar-refractivity contribution in [3.63, 3.8) is 0 Å². The lowest BCUT2D eigenvalue weighted by molar-refractivity contribution is -0.385. The van der Waals surface area contributed by atoms with Gasteiger partial charge in [-0.05, 0) is 42.8 Å². The van der Waals surface area contributed by atoms with Gasteiger partial charge in [-0.2, -0.15) is 0 Å². The molecule has 1 aliphatic rings. The summed E-state index contributed by atoms with van der Waals surface area (Å²) in [5, 5.41) is 11.2. The van der Waals surface area contributed by atoms with Gasteiger partial charge in [0.1, 0.15) is 12.4 Å². The van der Waals surface area contributed by atoms with Crippen LogP contribution in [0.5, 0.6) is 5.75 Å². The monoisotopic (exact) mass is 492 g/mol. The molecule has 3 aromatic rings. The minimum Gasteiger partial charge on any atom is -0.489 e. The van der Waals surface area contributed by atoms with Crippen LogP contribution >= 0.6 is 15.9 Å². The minimum absolute atomic E-state index is 0.0396. The normalized spacial score (nSPS) is 14.2. The number of carbonyl (C=O) groups is 1. The largest absolute Gasteiger partial charge is 0.489 e. The van der Waals surface area contributed by atoms with E-state index in [1.54, 1.807) is 49.4 Å². The maximum atomic E-state index is 12.2. The average Bonchev–Trinajstić information content (AvgIpc) is 3.14. The predicted molar refractivity (Wildman–Crippen MR) is 123 cm³/mol. The summed E-state index contributed by atoms with van der Waals surface area (Å²) in [7, 11) is 0. The average molecular weight is 493 g/mol. The third-order valence-corrected chi connectivity index (χ3v) is 5.58. The molecule has 32 heavy (non-hydrogen) atoms. The maximum Gasteiger partial charge on any atom is 0.363 e. The molecule has 0 amide bonds. The number of cyclic esters (lactones) is 1. The van der Waals surface area contributed by atoms with Crippen molar-refractivity contribution in [3.8, 4) is 5.75 Å². The highest BCUT2D eigenvalue weighted by Crippen LogP contribution is 2.25. The van der Waals surface area contributed by atoms with Crippen LogP contribution in [-0.4, -0.2) is 16.8 Å². The Kier molecular flexibility index (Phi) is 6.13. The van der Waals surface area contributed by atoms with E-state index < -0.39 is 10.9 Å². The van der Waals surface area contributed by atoms with Crippen molar-refractivity contribution in [2.24, 2.45) is 4.99 Å². The van der Waals surface area contributed by atoms with Gasteiger partial charge in [-0.25, -0.2) is 9.79 Å². The molecule has 4 rings (SSSR count). The molecule has 3 aromatic carbocycles. The number of nitro groups is 1. The summed E-state index contributed by atoms with van der Waals surface area (Å²) in [6, 6.07) is 19.6. The van der Waals surface area contributed by atoms with Gasteiger partial charge in [0.25, 0.3) is 5.69 Å². The molecule has 8 heteroatoms. The number of nitro benzene ring substituents is 1. The summed E-state index contributed by atoms with van der Waals surface area (Å²) in [5.74, 6) is 0.114. The Hall–Kier alpha value is -3.78. The number of hydrogen-bond acceptors (Lipinski definition) is 6. The number of benzene rings is 3. The van der Waals surface area contributed by atoms with Crippen LogP contribution in [0.15, 0.2) is 81.9 Å². The summed E-state index contributed by atoms with van der Waals surface area (Å²) >= 11 is 3.49. The quantitative estimate of drug-likeness (QED) is 0.193. The van der Waals surface area contributed by atoms with Gasteiger partial charge in [-0.1, -0.05) is 52.3 Å². The van der Waals surface area contributed by atoms with E-state index in [9.17, 15) is 14.9 Å². The molecule has 0 aliphatic carbocycles. The third kappa shape index (κ3) is 4.76. The Balaban J connectivity index is 1.49. The molecule has 7 nitrogen and oxygen atoms in total. The summed E-state index contributed by atoms with van der Waals surface area (Å²) in [6.07, 6.45) is 1.59. The van der Waals surface area contributed by atoms with Crippen molar-refractivity contribution in [2.75, 3.05) is 0 Å². The number of rotatable bonds is 6. The lowest BCUT2D eigenvalue weighted by Gasteiger charge is -2.08. The van der Waals surface area contributed by atoms with Crippen LogP contribution in [-0.2, 0) is 16.1 Å². The molecular formula is C24H17BrN2O5. The van der Waals surface area contributed by atoms with Gasteiger partial charge in [-0.15, -0.1) is 0 Å². The number of aliphatic imine (C=N–C) groups is 1. The molecule has 0 spiro atoms. The van der Waals surface area contributed by atoms with Gasteiger partial charge >= 0.3 is 5.97 Å². The number of nitrogens with zero attached hydrogens (tertiary/aromatic N) is 2. The van der Waals surface area contributed by atoms with Crippen molar-refractivity contribution in [1.29, 1.82) is 0 Å². The molecular weight excluding hydrogens is 476 g/mol. The molecule has 0 atom stereocenters. The number of esters is 1. The molecule has 0 fully saturated rings. The minimum atomic E-state index is -0.613. The van der Waals surface area contributed by atoms with Gasteiger partial charge in [0.2, 0.25) is 5.90 Å². The van der Waals surface area contributed by atoms with Crippen molar-refractivity contribution < 1.29 is 19.2 Å². The number of ether oxygens (including phenoxy) is 2. The lowest BCUT2D eigenvalue weighted by atomic mass is 10.1. The van der Waals surface area contributed by atoms with Crippen molar-refractivity contribution in [2.45, 2.75) is 13.5 Å². The fraction of sp³-hybridized carbons (Fsp3) is 0.0833. The molecule has 0 radical (unpaired) electrons. The number of carbonyl (C=O) groups excluding carboxylic acids is 1. The van der Waals surface area contributed by atoms with Crippen LogP contribution in [0.3, 0.4) is 0 Å². The first kappa shape index (κ1) is 21.5. The molecule has 0 unspecified atom stereocenters. The first-order valence-corrected chi connectivity index (χ1v) is 10.4. The van der Waals surface area contributed by atoms with Crippen LogP contribution in [0, 0.1) is 17.0 Å². The van der Waals surface area contributed by atoms with Gasteiger partial charge in [0.15, 0.2) is 5.70 Å². The maximum absolute atomic E-state index is 12.2. The van der Waals surface area contributed by atoms with Crippen molar-refractivity contribution in [3.05, 3.63) is 109 Å². The van der Waals surface area contributed by atoms with Crippen molar-refractivity contribution >= 4 is 39.6 Å². The zero-order valence-corrected chi connectivity index (χ0v) is 18.5. The second-order valence-electron chi connectivity index (χ2n) is 7.04. The Labute approximate surface area is 192 Å². The Morgan fingerprint density at radius 1 is 1.12 bits per heavy atom. The van der Waals surface area contributed by atoms with Gasteiger partial charge in [-0.3, -0.25) is 10.1 Å². The fourth-order valence-corrected chi connectivity index (χ4v) is 3.47. The number of halogens is 1. The second kappa shape index (κ2) is 9.15. The lowest BCUT2D eigenvalue weighted by Crippen LogP contribution is -2.06. The first-order valence-electron chi connectivity index (χ1n) is 9.65. The summed E-state index contributed by atoms with van der Waals surface area (Å²) in [5.41, 5.74) is 2.72. The van der Waals surface area contributed by atoms with Crippen LogP contribution in [0.4, 0.5) is 5.69 Å². The highest BCUT2D eigenvalue weighted by molar-refractivity contribution is 9.10. The van der Waals surface area contributed by atoms with E-state index in [0.717, 1.165) is 15.6 Å². The smallest absolute Gasteiger partial charge is 0.363 e. The fourth-order valence-electron chi connectivity index (χ4n) is 3.07. The molecule has 0 saturated carbocycles. The highest BCUT2D eigenvalue weighted by atomic mass is 79.9. The van der Waals surface area contributed by atoms with E-state index >= 15 is 0 Å². The second-order valence-corrected chi connectivity index (χ2v) is 7.90. The standard InChI is InChI=1S/C24H17BrN2O5/c1-15-6-9-17(13-22(15)27(29)30)23-26-21(24(28)32-23)12-16-7-10-19(11-8-16)31-14-18-4-2-3-5-20(18)25/h2-13H,14H2,1H3/b21-12-. The Morgan fingerprint density at radius 2 is 1.88 bits per heavy atom. The predicted octanol–water partition coefficient (Wildman–Crippen LogP) is 5.59. The van der Waals surface area contributed by atoms with Crippen LogP contribution < -0.4 is 4.74 Å². The highest BCUT2D eigenvalue weighted by Gasteiger charge is 2.25. The summed E-state index contributed by atoms with van der Waals surface area (Å²) < 4.78 is 12.0. The van der Waals surface area contributed by atoms with Gasteiger partial charge in [0, 0.05) is 27.2 Å². The van der Waals surface area contributed by atoms with E-state index in [4.69, 9.17) is 9.47 Å². The third-order valence-electron chi connectivity index (χ3n) is 4.81. The Morgan fingerprint density at radius 3 is 2.59 bits per heavy atom. The molecule has 0 saturated heterocycles. The van der Waals surface area contributed by atoms with Gasteiger partial charge in [0.05, 0.1) is 4.92 Å². The molecule has 0 bridgehead atoms.